The van der Waals surface area contributed by atoms with Crippen molar-refractivity contribution >= 4 is 27.6 Å². The largest absolute Gasteiger partial charge is 0.476 e. The van der Waals surface area contributed by atoms with Crippen LogP contribution in [0.4, 0.5) is 0 Å². The second-order valence-corrected chi connectivity index (χ2v) is 7.71. The Kier molecular flexibility index (Phi) is 5.00. The summed E-state index contributed by atoms with van der Waals surface area (Å²) in [7, 11) is -2.84. The van der Waals surface area contributed by atoms with E-state index in [-0.39, 0.29) is 11.7 Å². The molecular formula is C15H14ClN5O5S. The molecule has 27 heavy (non-hydrogen) atoms. The molecule has 0 bridgehead atoms. The average molecular weight is 412 g/mol. The maximum atomic E-state index is 12.5. The van der Waals surface area contributed by atoms with Gasteiger partial charge in [-0.05, 0) is 31.2 Å². The van der Waals surface area contributed by atoms with Crippen molar-refractivity contribution in [2.75, 3.05) is 0 Å². The van der Waals surface area contributed by atoms with Crippen molar-refractivity contribution in [2.24, 2.45) is 7.05 Å². The van der Waals surface area contributed by atoms with E-state index in [1.54, 1.807) is 24.3 Å². The minimum atomic E-state index is -4.18. The fourth-order valence-corrected chi connectivity index (χ4v) is 3.81. The molecule has 2 N–H and O–H groups in total. The van der Waals surface area contributed by atoms with E-state index in [1.165, 1.54) is 14.0 Å². The monoisotopic (exact) mass is 411 g/mol. The summed E-state index contributed by atoms with van der Waals surface area (Å²) in [4.78, 5) is 15.0. The van der Waals surface area contributed by atoms with E-state index in [2.05, 4.69) is 20.0 Å². The van der Waals surface area contributed by atoms with Crippen molar-refractivity contribution in [2.45, 2.75) is 17.9 Å². The Morgan fingerprint density at radius 1 is 1.33 bits per heavy atom. The Labute approximate surface area is 158 Å². The number of aryl methyl sites for hydroxylation is 1. The quantitative estimate of drug-likeness (QED) is 0.626. The highest BCUT2D eigenvalue weighted by atomic mass is 35.5. The first-order chi connectivity index (χ1) is 12.7. The number of hydrogen-bond donors (Lipinski definition) is 2. The average Bonchev–Trinajstić information content (AvgIpc) is 3.22. The molecule has 10 nitrogen and oxygen atoms in total. The van der Waals surface area contributed by atoms with Crippen molar-refractivity contribution in [3.8, 4) is 11.5 Å². The lowest BCUT2D eigenvalue weighted by Gasteiger charge is -2.10. The number of benzene rings is 1. The summed E-state index contributed by atoms with van der Waals surface area (Å²) in [5, 5.41) is 17.2. The summed E-state index contributed by atoms with van der Waals surface area (Å²) < 4.78 is 33.5. The summed E-state index contributed by atoms with van der Waals surface area (Å²) in [6.07, 6.45) is 0.966. The van der Waals surface area contributed by atoms with E-state index < -0.39 is 32.6 Å². The molecule has 3 rings (SSSR count). The van der Waals surface area contributed by atoms with E-state index in [0.717, 1.165) is 10.9 Å². The van der Waals surface area contributed by atoms with Crippen molar-refractivity contribution < 1.29 is 22.8 Å². The Morgan fingerprint density at radius 3 is 2.63 bits per heavy atom. The van der Waals surface area contributed by atoms with Crippen LogP contribution in [0.25, 0.3) is 11.5 Å². The van der Waals surface area contributed by atoms with Gasteiger partial charge in [0.05, 0.1) is 12.2 Å². The molecule has 142 valence electrons. The first-order valence-electron chi connectivity index (χ1n) is 7.56. The highest BCUT2D eigenvalue weighted by molar-refractivity contribution is 7.89. The molecule has 2 heterocycles. The molecule has 0 aliphatic heterocycles. The number of aromatic carboxylic acids is 1. The van der Waals surface area contributed by atoms with Crippen molar-refractivity contribution in [3.63, 3.8) is 0 Å². The van der Waals surface area contributed by atoms with Crippen LogP contribution >= 0.6 is 11.6 Å². The van der Waals surface area contributed by atoms with Gasteiger partial charge in [0.2, 0.25) is 10.0 Å². The Morgan fingerprint density at radius 2 is 2.00 bits per heavy atom. The number of carboxylic acids is 1. The van der Waals surface area contributed by atoms with Crippen LogP contribution in [0.2, 0.25) is 5.02 Å². The molecule has 0 spiro atoms. The van der Waals surface area contributed by atoms with Gasteiger partial charge in [-0.15, -0.1) is 0 Å². The molecular weight excluding hydrogens is 398 g/mol. The third kappa shape index (κ3) is 3.84. The third-order valence-corrected chi connectivity index (χ3v) is 5.44. The number of carbonyl (C=O) groups is 1. The molecule has 2 aromatic heterocycles. The summed E-state index contributed by atoms with van der Waals surface area (Å²) in [5.74, 6) is -1.13. The Balaban J connectivity index is 1.84. The molecule has 1 unspecified atom stereocenters. The molecule has 0 fully saturated rings. The molecule has 1 atom stereocenters. The Hall–Kier alpha value is -2.76. The van der Waals surface area contributed by atoms with Gasteiger partial charge in [-0.1, -0.05) is 16.8 Å². The minimum absolute atomic E-state index is 0.0873. The number of halogens is 1. The molecule has 12 heteroatoms. The minimum Gasteiger partial charge on any atom is -0.476 e. The third-order valence-electron chi connectivity index (χ3n) is 3.65. The molecule has 0 saturated carbocycles. The van der Waals surface area contributed by atoms with Crippen LogP contribution < -0.4 is 4.72 Å². The fourth-order valence-electron chi connectivity index (χ4n) is 2.33. The number of nitrogens with zero attached hydrogens (tertiary/aromatic N) is 4. The van der Waals surface area contributed by atoms with Gasteiger partial charge in [-0.3, -0.25) is 4.68 Å². The zero-order valence-corrected chi connectivity index (χ0v) is 15.7. The van der Waals surface area contributed by atoms with Gasteiger partial charge < -0.3 is 9.63 Å². The van der Waals surface area contributed by atoms with Crippen LogP contribution in [0.15, 0.2) is 39.9 Å². The lowest BCUT2D eigenvalue weighted by Crippen LogP contribution is -2.29. The fraction of sp³-hybridized carbons (Fsp3) is 0.200. The first kappa shape index (κ1) is 19.0. The molecule has 0 saturated heterocycles. The molecule has 1 aromatic carbocycles. The second-order valence-electron chi connectivity index (χ2n) is 5.59. The van der Waals surface area contributed by atoms with E-state index in [4.69, 9.17) is 16.1 Å². The number of rotatable bonds is 6. The number of sulfonamides is 1. The van der Waals surface area contributed by atoms with Crippen LogP contribution in [0, 0.1) is 0 Å². The summed E-state index contributed by atoms with van der Waals surface area (Å²) in [5.41, 5.74) is 0.165. The van der Waals surface area contributed by atoms with Crippen molar-refractivity contribution in [1.82, 2.24) is 24.6 Å². The van der Waals surface area contributed by atoms with Gasteiger partial charge >= 0.3 is 5.97 Å². The van der Waals surface area contributed by atoms with E-state index in [0.29, 0.717) is 10.6 Å². The lowest BCUT2D eigenvalue weighted by atomic mass is 10.2. The molecule has 0 amide bonds. The summed E-state index contributed by atoms with van der Waals surface area (Å²) in [6.45, 7) is 1.50. The smallest absolute Gasteiger partial charge is 0.355 e. The van der Waals surface area contributed by atoms with Crippen LogP contribution in [0.5, 0.6) is 0 Å². The second kappa shape index (κ2) is 7.10. The lowest BCUT2D eigenvalue weighted by molar-refractivity contribution is 0.0680. The van der Waals surface area contributed by atoms with Crippen LogP contribution in [0.1, 0.15) is 29.3 Å². The van der Waals surface area contributed by atoms with Gasteiger partial charge in [-0.25, -0.2) is 17.9 Å². The van der Waals surface area contributed by atoms with E-state index >= 15 is 0 Å². The topological polar surface area (TPSA) is 140 Å². The predicted molar refractivity (Wildman–Crippen MR) is 93.6 cm³/mol. The van der Waals surface area contributed by atoms with Gasteiger partial charge in [-0.2, -0.15) is 10.1 Å². The van der Waals surface area contributed by atoms with Crippen molar-refractivity contribution in [1.29, 1.82) is 0 Å². The zero-order valence-electron chi connectivity index (χ0n) is 14.1. The highest BCUT2D eigenvalue weighted by Gasteiger charge is 2.29. The Bertz CT molecular complexity index is 1090. The van der Waals surface area contributed by atoms with E-state index in [9.17, 15) is 18.3 Å². The number of hydrogen-bond acceptors (Lipinski definition) is 7. The molecule has 0 radical (unpaired) electrons. The van der Waals surface area contributed by atoms with Gasteiger partial charge in [0.15, 0.2) is 11.5 Å². The van der Waals surface area contributed by atoms with Gasteiger partial charge in [0, 0.05) is 17.6 Å². The highest BCUT2D eigenvalue weighted by Crippen LogP contribution is 2.23. The van der Waals surface area contributed by atoms with E-state index in [1.807, 2.05) is 0 Å². The van der Waals surface area contributed by atoms with Crippen LogP contribution in [-0.4, -0.2) is 39.4 Å². The number of carboxylic acid groups (broad SMARTS) is 1. The van der Waals surface area contributed by atoms with Crippen LogP contribution in [0.3, 0.4) is 0 Å². The maximum Gasteiger partial charge on any atom is 0.355 e. The molecule has 0 aliphatic rings. The SMILES string of the molecule is CC(NS(=O)(=O)c1cnn(C)c1C(=O)O)c1noc(-c2ccc(Cl)cc2)n1. The van der Waals surface area contributed by atoms with Crippen LogP contribution in [-0.2, 0) is 17.1 Å². The number of nitrogens with one attached hydrogen (secondary N) is 1. The van der Waals surface area contributed by atoms with Gasteiger partial charge in [0.1, 0.15) is 4.90 Å². The molecule has 0 aliphatic carbocycles. The van der Waals surface area contributed by atoms with Gasteiger partial charge in [0.25, 0.3) is 5.89 Å². The summed E-state index contributed by atoms with van der Waals surface area (Å²) in [6, 6.07) is 5.81. The molecule has 3 aromatic rings. The maximum absolute atomic E-state index is 12.5. The standard InChI is InChI=1S/C15H14ClN5O5S/c1-8(13-18-14(26-19-13)9-3-5-10(16)6-4-9)20-27(24,25)11-7-17-21(2)12(11)15(22)23/h3-8,20H,1-2H3,(H,22,23). The zero-order chi connectivity index (χ0) is 19.8. The predicted octanol–water partition coefficient (Wildman–Crippen LogP) is 1.86. The van der Waals surface area contributed by atoms with Crippen molar-refractivity contribution in [3.05, 3.63) is 47.0 Å². The normalized spacial score (nSPS) is 12.9. The summed E-state index contributed by atoms with van der Waals surface area (Å²) >= 11 is 5.83. The first-order valence-corrected chi connectivity index (χ1v) is 9.42. The number of aromatic nitrogens is 4.